The van der Waals surface area contributed by atoms with E-state index >= 15 is 0 Å². The van der Waals surface area contributed by atoms with Gasteiger partial charge in [0.15, 0.2) is 0 Å². The predicted octanol–water partition coefficient (Wildman–Crippen LogP) is 1.22. The third-order valence-corrected chi connectivity index (χ3v) is 3.03. The van der Waals surface area contributed by atoms with E-state index in [4.69, 9.17) is 9.84 Å². The molecule has 1 aliphatic heterocycles. The van der Waals surface area contributed by atoms with Gasteiger partial charge in [-0.1, -0.05) is 13.0 Å². The highest BCUT2D eigenvalue weighted by atomic mass is 16.5. The monoisotopic (exact) mass is 235 g/mol. The summed E-state index contributed by atoms with van der Waals surface area (Å²) in [6.45, 7) is 3.10. The normalized spacial score (nSPS) is 15.4. The maximum Gasteiger partial charge on any atom is 0.251 e. The number of aliphatic hydroxyl groups is 1. The van der Waals surface area contributed by atoms with Crippen molar-refractivity contribution in [3.05, 3.63) is 34.9 Å². The summed E-state index contributed by atoms with van der Waals surface area (Å²) in [4.78, 5) is 11.9. The first-order valence-corrected chi connectivity index (χ1v) is 5.86. The number of nitrogens with one attached hydrogen (secondary N) is 1. The number of amides is 1. The molecule has 1 aromatic rings. The van der Waals surface area contributed by atoms with E-state index in [1.165, 1.54) is 0 Å². The Balaban J connectivity index is 2.09. The van der Waals surface area contributed by atoms with Crippen LogP contribution in [-0.4, -0.2) is 23.7 Å². The Bertz CT molecular complexity index is 413. The van der Waals surface area contributed by atoms with Crippen LogP contribution in [0, 0.1) is 0 Å². The molecular weight excluding hydrogens is 218 g/mol. The van der Waals surface area contributed by atoms with Gasteiger partial charge in [-0.3, -0.25) is 4.79 Å². The zero-order valence-corrected chi connectivity index (χ0v) is 9.90. The van der Waals surface area contributed by atoms with Crippen LogP contribution in [0.4, 0.5) is 0 Å². The van der Waals surface area contributed by atoms with E-state index in [-0.39, 0.29) is 18.6 Å². The van der Waals surface area contributed by atoms with E-state index in [0.717, 1.165) is 17.5 Å². The van der Waals surface area contributed by atoms with Crippen LogP contribution in [-0.2, 0) is 18.0 Å². The Morgan fingerprint density at radius 3 is 2.94 bits per heavy atom. The van der Waals surface area contributed by atoms with Gasteiger partial charge in [-0.15, -0.1) is 0 Å². The number of fused-ring (bicyclic) bond motifs is 1. The highest BCUT2D eigenvalue weighted by molar-refractivity contribution is 5.94. The van der Waals surface area contributed by atoms with Crippen molar-refractivity contribution in [2.75, 3.05) is 6.61 Å². The van der Waals surface area contributed by atoms with Gasteiger partial charge >= 0.3 is 0 Å². The number of carbonyl (C=O) groups excluding carboxylic acids is 1. The molecule has 4 heteroatoms. The summed E-state index contributed by atoms with van der Waals surface area (Å²) >= 11 is 0. The van der Waals surface area contributed by atoms with Crippen LogP contribution in [0.15, 0.2) is 18.2 Å². The highest BCUT2D eigenvalue weighted by Gasteiger charge is 2.15. The standard InChI is InChI=1S/C13H17NO3/c1-2-12(6-15)14-13(16)9-3-4-10-7-17-8-11(10)5-9/h3-5,12,15H,2,6-8H2,1H3,(H,14,16). The van der Waals surface area contributed by atoms with E-state index in [0.29, 0.717) is 18.8 Å². The summed E-state index contributed by atoms with van der Waals surface area (Å²) in [5.74, 6) is -0.138. The van der Waals surface area contributed by atoms with Gasteiger partial charge in [0.1, 0.15) is 0 Å². The van der Waals surface area contributed by atoms with Gasteiger partial charge in [-0.25, -0.2) is 0 Å². The number of rotatable bonds is 4. The first-order valence-electron chi connectivity index (χ1n) is 5.86. The third-order valence-electron chi connectivity index (χ3n) is 3.03. The second-order valence-electron chi connectivity index (χ2n) is 4.24. The van der Waals surface area contributed by atoms with Gasteiger partial charge in [0.05, 0.1) is 25.9 Å². The summed E-state index contributed by atoms with van der Waals surface area (Å²) in [6, 6.07) is 5.42. The van der Waals surface area contributed by atoms with Crippen LogP contribution in [0.5, 0.6) is 0 Å². The Hall–Kier alpha value is -1.39. The van der Waals surface area contributed by atoms with E-state index in [1.54, 1.807) is 6.07 Å². The molecule has 1 unspecified atom stereocenters. The van der Waals surface area contributed by atoms with Crippen LogP contribution in [0.3, 0.4) is 0 Å². The number of ether oxygens (including phenoxy) is 1. The summed E-state index contributed by atoms with van der Waals surface area (Å²) in [6.07, 6.45) is 0.719. The van der Waals surface area contributed by atoms with Crippen molar-refractivity contribution in [2.24, 2.45) is 0 Å². The molecule has 92 valence electrons. The van der Waals surface area contributed by atoms with Crippen LogP contribution < -0.4 is 5.32 Å². The Kier molecular flexibility index (Phi) is 3.76. The minimum Gasteiger partial charge on any atom is -0.394 e. The van der Waals surface area contributed by atoms with Crippen molar-refractivity contribution in [3.8, 4) is 0 Å². The van der Waals surface area contributed by atoms with Gasteiger partial charge in [0, 0.05) is 5.56 Å². The Labute approximate surface area is 101 Å². The van der Waals surface area contributed by atoms with E-state index in [2.05, 4.69) is 5.32 Å². The molecule has 0 aliphatic carbocycles. The van der Waals surface area contributed by atoms with Gasteiger partial charge < -0.3 is 15.2 Å². The lowest BCUT2D eigenvalue weighted by Crippen LogP contribution is -2.36. The molecule has 0 spiro atoms. The van der Waals surface area contributed by atoms with Crippen molar-refractivity contribution in [1.29, 1.82) is 0 Å². The van der Waals surface area contributed by atoms with Crippen LogP contribution >= 0.6 is 0 Å². The number of hydrogen-bond donors (Lipinski definition) is 2. The Morgan fingerprint density at radius 1 is 1.47 bits per heavy atom. The third kappa shape index (κ3) is 2.65. The topological polar surface area (TPSA) is 58.6 Å². The smallest absolute Gasteiger partial charge is 0.251 e. The van der Waals surface area contributed by atoms with Crippen molar-refractivity contribution in [1.82, 2.24) is 5.32 Å². The molecule has 1 aromatic carbocycles. The number of carbonyl (C=O) groups is 1. The van der Waals surface area contributed by atoms with Crippen molar-refractivity contribution in [2.45, 2.75) is 32.6 Å². The molecule has 0 saturated carbocycles. The molecule has 1 heterocycles. The zero-order chi connectivity index (χ0) is 12.3. The minimum atomic E-state index is -0.174. The van der Waals surface area contributed by atoms with Crippen LogP contribution in [0.1, 0.15) is 34.8 Å². The van der Waals surface area contributed by atoms with Gasteiger partial charge in [0.25, 0.3) is 5.91 Å². The maximum absolute atomic E-state index is 11.9. The lowest BCUT2D eigenvalue weighted by molar-refractivity contribution is 0.0915. The molecule has 0 radical (unpaired) electrons. The minimum absolute atomic E-state index is 0.0315. The second-order valence-corrected chi connectivity index (χ2v) is 4.24. The molecule has 0 aromatic heterocycles. The summed E-state index contributed by atoms with van der Waals surface area (Å²) in [5, 5.41) is 11.8. The van der Waals surface area contributed by atoms with Gasteiger partial charge in [-0.2, -0.15) is 0 Å². The average molecular weight is 235 g/mol. The van der Waals surface area contributed by atoms with Gasteiger partial charge in [0.2, 0.25) is 0 Å². The first kappa shape index (κ1) is 12.1. The maximum atomic E-state index is 11.9. The molecule has 2 rings (SSSR count). The fourth-order valence-electron chi connectivity index (χ4n) is 1.86. The molecule has 4 nitrogen and oxygen atoms in total. The lowest BCUT2D eigenvalue weighted by atomic mass is 10.1. The summed E-state index contributed by atoms with van der Waals surface area (Å²) in [5.41, 5.74) is 2.85. The highest BCUT2D eigenvalue weighted by Crippen LogP contribution is 2.20. The first-order chi connectivity index (χ1) is 8.24. The fraction of sp³-hybridized carbons (Fsp3) is 0.462. The van der Waals surface area contributed by atoms with Crippen LogP contribution in [0.2, 0.25) is 0 Å². The summed E-state index contributed by atoms with van der Waals surface area (Å²) < 4.78 is 5.30. The van der Waals surface area contributed by atoms with Crippen LogP contribution in [0.25, 0.3) is 0 Å². The SMILES string of the molecule is CCC(CO)NC(=O)c1ccc2c(c1)COC2. The summed E-state index contributed by atoms with van der Waals surface area (Å²) in [7, 11) is 0. The molecule has 1 aliphatic rings. The number of hydrogen-bond acceptors (Lipinski definition) is 3. The van der Waals surface area contributed by atoms with Crippen molar-refractivity contribution in [3.63, 3.8) is 0 Å². The molecule has 2 N–H and O–H groups in total. The number of benzene rings is 1. The number of aliphatic hydroxyl groups excluding tert-OH is 1. The molecular formula is C13H17NO3. The van der Waals surface area contributed by atoms with E-state index in [1.807, 2.05) is 19.1 Å². The quantitative estimate of drug-likeness (QED) is 0.825. The molecule has 0 saturated heterocycles. The second kappa shape index (κ2) is 5.29. The van der Waals surface area contributed by atoms with Crippen molar-refractivity contribution < 1.29 is 14.6 Å². The molecule has 1 atom stereocenters. The fourth-order valence-corrected chi connectivity index (χ4v) is 1.86. The predicted molar refractivity (Wildman–Crippen MR) is 63.6 cm³/mol. The molecule has 17 heavy (non-hydrogen) atoms. The van der Waals surface area contributed by atoms with E-state index < -0.39 is 0 Å². The zero-order valence-electron chi connectivity index (χ0n) is 9.90. The van der Waals surface area contributed by atoms with Crippen molar-refractivity contribution >= 4 is 5.91 Å². The largest absolute Gasteiger partial charge is 0.394 e. The Morgan fingerprint density at radius 2 is 2.24 bits per heavy atom. The lowest BCUT2D eigenvalue weighted by Gasteiger charge is -2.14. The van der Waals surface area contributed by atoms with Gasteiger partial charge in [-0.05, 0) is 29.7 Å². The average Bonchev–Trinajstić information content (AvgIpc) is 2.82. The molecule has 0 bridgehead atoms. The molecule has 0 fully saturated rings. The molecule has 1 amide bonds. The van der Waals surface area contributed by atoms with E-state index in [9.17, 15) is 4.79 Å².